The average Bonchev–Trinajstić information content (AvgIpc) is 2.66. The van der Waals surface area contributed by atoms with Crippen molar-refractivity contribution in [2.24, 2.45) is 0 Å². The predicted octanol–water partition coefficient (Wildman–Crippen LogP) is 2.14. The first-order valence-corrected chi connectivity index (χ1v) is 9.06. The number of carbonyl (C=O) groups is 1. The average molecular weight is 364 g/mol. The number of benzene rings is 2. The Morgan fingerprint density at radius 1 is 1.19 bits per heavy atom. The molecule has 138 valence electrons. The molecule has 2 fully saturated rings. The highest BCUT2D eigenvalue weighted by molar-refractivity contribution is 5.81. The molecule has 0 spiro atoms. The van der Waals surface area contributed by atoms with Crippen LogP contribution in [0, 0.1) is 17.7 Å². The van der Waals surface area contributed by atoms with Crippen molar-refractivity contribution < 1.29 is 13.9 Å². The summed E-state index contributed by atoms with van der Waals surface area (Å²) in [5.74, 6) is 6.17. The largest absolute Gasteiger partial charge is 0.383 e. The van der Waals surface area contributed by atoms with E-state index in [1.54, 1.807) is 19.2 Å². The van der Waals surface area contributed by atoms with Crippen LogP contribution >= 0.6 is 0 Å². The third-order valence-electron chi connectivity index (χ3n) is 5.27. The lowest BCUT2D eigenvalue weighted by atomic mass is 9.74. The Morgan fingerprint density at radius 2 is 1.96 bits per heavy atom. The van der Waals surface area contributed by atoms with Crippen molar-refractivity contribution in [3.63, 3.8) is 0 Å². The summed E-state index contributed by atoms with van der Waals surface area (Å²) in [7, 11) is 1.67. The minimum atomic E-state index is -0.286. The molecule has 3 atom stereocenters. The quantitative estimate of drug-likeness (QED) is 0.849. The fourth-order valence-corrected chi connectivity index (χ4v) is 4.06. The van der Waals surface area contributed by atoms with E-state index in [-0.39, 0.29) is 29.7 Å². The van der Waals surface area contributed by atoms with Gasteiger partial charge >= 0.3 is 0 Å². The van der Waals surface area contributed by atoms with E-state index < -0.39 is 0 Å². The maximum atomic E-state index is 13.2. The van der Waals surface area contributed by atoms with Crippen LogP contribution in [0.25, 0.3) is 0 Å². The Morgan fingerprint density at radius 3 is 2.70 bits per heavy atom. The van der Waals surface area contributed by atoms with Crippen LogP contribution in [0.3, 0.4) is 0 Å². The molecule has 5 heteroatoms. The molecule has 0 bridgehead atoms. The van der Waals surface area contributed by atoms with Crippen molar-refractivity contribution in [1.29, 1.82) is 0 Å². The molecular formula is C22H21FN2O2. The predicted molar refractivity (Wildman–Crippen MR) is 101 cm³/mol. The Hall–Kier alpha value is -2.68. The van der Waals surface area contributed by atoms with Crippen LogP contribution in [0.15, 0.2) is 48.5 Å². The Balaban J connectivity index is 1.52. The van der Waals surface area contributed by atoms with Crippen molar-refractivity contribution in [2.75, 3.05) is 26.8 Å². The van der Waals surface area contributed by atoms with Crippen LogP contribution < -0.4 is 5.32 Å². The van der Waals surface area contributed by atoms with Gasteiger partial charge in [-0.2, -0.15) is 0 Å². The van der Waals surface area contributed by atoms with Gasteiger partial charge in [0.25, 0.3) is 0 Å². The number of fused-ring (bicyclic) bond motifs is 1. The summed E-state index contributed by atoms with van der Waals surface area (Å²) in [5.41, 5.74) is 2.71. The molecule has 0 radical (unpaired) electrons. The van der Waals surface area contributed by atoms with Gasteiger partial charge in [-0.15, -0.1) is 0 Å². The van der Waals surface area contributed by atoms with Crippen LogP contribution in [0.5, 0.6) is 0 Å². The number of rotatable bonds is 3. The number of ether oxygens (including phenoxy) is 1. The number of halogens is 1. The molecule has 2 aromatic rings. The van der Waals surface area contributed by atoms with Gasteiger partial charge < -0.3 is 15.0 Å². The normalized spacial score (nSPS) is 23.9. The van der Waals surface area contributed by atoms with E-state index in [0.29, 0.717) is 18.7 Å². The fraction of sp³-hybridized carbons (Fsp3) is 0.318. The van der Waals surface area contributed by atoms with Crippen molar-refractivity contribution >= 4 is 5.91 Å². The smallest absolute Gasteiger partial charge is 0.237 e. The van der Waals surface area contributed by atoms with Gasteiger partial charge in [0.2, 0.25) is 5.91 Å². The third kappa shape index (κ3) is 3.46. The first-order valence-electron chi connectivity index (χ1n) is 9.06. The van der Waals surface area contributed by atoms with E-state index in [1.807, 2.05) is 17.0 Å². The summed E-state index contributed by atoms with van der Waals surface area (Å²) in [6.45, 7) is 1.74. The van der Waals surface area contributed by atoms with Crippen LogP contribution in [-0.2, 0) is 9.53 Å². The van der Waals surface area contributed by atoms with Gasteiger partial charge in [0, 0.05) is 30.7 Å². The van der Waals surface area contributed by atoms with E-state index in [1.165, 1.54) is 17.7 Å². The highest BCUT2D eigenvalue weighted by Crippen LogP contribution is 2.41. The number of nitrogens with zero attached hydrogens (tertiary/aromatic N) is 1. The van der Waals surface area contributed by atoms with E-state index in [0.717, 1.165) is 12.1 Å². The molecule has 4 rings (SSSR count). The maximum Gasteiger partial charge on any atom is 0.237 e. The molecule has 0 aliphatic carbocycles. The number of nitrogens with one attached hydrogen (secondary N) is 1. The van der Waals surface area contributed by atoms with Crippen LogP contribution in [0.1, 0.15) is 22.6 Å². The second-order valence-electron chi connectivity index (χ2n) is 6.93. The van der Waals surface area contributed by atoms with E-state index in [9.17, 15) is 9.18 Å². The summed E-state index contributed by atoms with van der Waals surface area (Å²) in [5, 5.41) is 3.20. The van der Waals surface area contributed by atoms with Crippen molar-refractivity contribution in [2.45, 2.75) is 18.0 Å². The molecule has 2 saturated heterocycles. The molecule has 2 heterocycles. The number of piperazine rings is 1. The molecule has 2 aromatic carbocycles. The topological polar surface area (TPSA) is 41.6 Å². The molecule has 1 N–H and O–H groups in total. The summed E-state index contributed by atoms with van der Waals surface area (Å²) in [6, 6.07) is 14.6. The van der Waals surface area contributed by atoms with Gasteiger partial charge in [-0.1, -0.05) is 30.0 Å². The summed E-state index contributed by atoms with van der Waals surface area (Å²) < 4.78 is 18.6. The number of hydrogen-bond acceptors (Lipinski definition) is 3. The first-order chi connectivity index (χ1) is 13.2. The second-order valence-corrected chi connectivity index (χ2v) is 6.93. The van der Waals surface area contributed by atoms with Crippen molar-refractivity contribution in [3.8, 4) is 11.8 Å². The third-order valence-corrected chi connectivity index (χ3v) is 5.27. The molecule has 0 aromatic heterocycles. The standard InChI is InChI=1S/C22H21FN2O2/c1-27-14-20-22(19-12-24-13-21(26)25(19)20)17-9-7-15(8-10-17)5-6-16-3-2-4-18(23)11-16/h2-4,7-11,19-20,22,24H,12-14H2,1H3/t19-,20-,22-/m1/s1. The number of amides is 1. The van der Waals surface area contributed by atoms with E-state index in [2.05, 4.69) is 29.3 Å². The van der Waals surface area contributed by atoms with E-state index >= 15 is 0 Å². The van der Waals surface area contributed by atoms with Crippen LogP contribution in [-0.4, -0.2) is 49.7 Å². The highest BCUT2D eigenvalue weighted by Gasteiger charge is 2.52. The Labute approximate surface area is 158 Å². The fourth-order valence-electron chi connectivity index (χ4n) is 4.06. The maximum absolute atomic E-state index is 13.2. The van der Waals surface area contributed by atoms with Gasteiger partial charge in [-0.3, -0.25) is 4.79 Å². The molecule has 2 aliphatic heterocycles. The lowest BCUT2D eigenvalue weighted by Crippen LogP contribution is -2.72. The Bertz CT molecular complexity index is 901. The van der Waals surface area contributed by atoms with Crippen molar-refractivity contribution in [1.82, 2.24) is 10.2 Å². The highest BCUT2D eigenvalue weighted by atomic mass is 19.1. The van der Waals surface area contributed by atoms with E-state index in [4.69, 9.17) is 4.74 Å². The zero-order valence-electron chi connectivity index (χ0n) is 15.1. The molecule has 27 heavy (non-hydrogen) atoms. The van der Waals surface area contributed by atoms with Crippen molar-refractivity contribution in [3.05, 3.63) is 71.0 Å². The lowest BCUT2D eigenvalue weighted by Gasteiger charge is -2.57. The number of hydrogen-bond donors (Lipinski definition) is 1. The van der Waals surface area contributed by atoms with Crippen LogP contribution in [0.2, 0.25) is 0 Å². The zero-order chi connectivity index (χ0) is 18.8. The monoisotopic (exact) mass is 364 g/mol. The molecule has 0 unspecified atom stereocenters. The molecule has 2 aliphatic rings. The number of methoxy groups -OCH3 is 1. The number of carbonyl (C=O) groups excluding carboxylic acids is 1. The minimum Gasteiger partial charge on any atom is -0.383 e. The minimum absolute atomic E-state index is 0.0822. The Kier molecular flexibility index (Phi) is 4.93. The first kappa shape index (κ1) is 17.7. The van der Waals surface area contributed by atoms with Gasteiger partial charge in [-0.05, 0) is 35.9 Å². The summed E-state index contributed by atoms with van der Waals surface area (Å²) >= 11 is 0. The summed E-state index contributed by atoms with van der Waals surface area (Å²) in [4.78, 5) is 14.1. The molecule has 4 nitrogen and oxygen atoms in total. The van der Waals surface area contributed by atoms with Gasteiger partial charge in [0.1, 0.15) is 5.82 Å². The molecule has 1 amide bonds. The second kappa shape index (κ2) is 7.51. The van der Waals surface area contributed by atoms with Gasteiger partial charge in [-0.25, -0.2) is 4.39 Å². The molecular weight excluding hydrogens is 343 g/mol. The lowest BCUT2D eigenvalue weighted by molar-refractivity contribution is -0.154. The van der Waals surface area contributed by atoms with Gasteiger partial charge in [0.05, 0.1) is 25.2 Å². The van der Waals surface area contributed by atoms with Crippen LogP contribution in [0.4, 0.5) is 4.39 Å². The zero-order valence-corrected chi connectivity index (χ0v) is 15.1. The summed E-state index contributed by atoms with van der Waals surface area (Å²) in [6.07, 6.45) is 0. The van der Waals surface area contributed by atoms with Gasteiger partial charge in [0.15, 0.2) is 0 Å². The SMILES string of the molecule is COC[C@@H]1[C@H](c2ccc(C#Cc3cccc(F)c3)cc2)[C@H]2CNCC(=O)N21. The molecule has 0 saturated carbocycles.